The summed E-state index contributed by atoms with van der Waals surface area (Å²) in [5.74, 6) is -0.973. The van der Waals surface area contributed by atoms with Gasteiger partial charge >= 0.3 is 5.97 Å². The Morgan fingerprint density at radius 1 is 1.67 bits per heavy atom. The molecule has 1 heterocycles. The first-order chi connectivity index (χ1) is 7.06. The van der Waals surface area contributed by atoms with Crippen molar-refractivity contribution < 1.29 is 14.6 Å². The molecule has 1 aromatic rings. The van der Waals surface area contributed by atoms with E-state index in [1.54, 1.807) is 0 Å². The van der Waals surface area contributed by atoms with Crippen LogP contribution in [-0.2, 0) is 11.3 Å². The summed E-state index contributed by atoms with van der Waals surface area (Å²) in [4.78, 5) is 11.0. The van der Waals surface area contributed by atoms with Gasteiger partial charge in [0.25, 0.3) is 0 Å². The number of carbonyl (C=O) groups is 1. The smallest absolute Gasteiger partial charge is 0.340 e. The second kappa shape index (κ2) is 5.09. The highest BCUT2D eigenvalue weighted by atomic mass is 32.1. The van der Waals surface area contributed by atoms with Crippen molar-refractivity contribution in [2.75, 3.05) is 12.4 Å². The van der Waals surface area contributed by atoms with E-state index in [9.17, 15) is 4.79 Å². The topological polar surface area (TPSA) is 71.5 Å². The normalized spacial score (nSPS) is 10.7. The van der Waals surface area contributed by atoms with Crippen LogP contribution in [0.25, 0.3) is 0 Å². The van der Waals surface area contributed by atoms with Gasteiger partial charge in [-0.2, -0.15) is 4.37 Å². The molecule has 0 saturated carbocycles. The molecule has 15 heavy (non-hydrogen) atoms. The summed E-state index contributed by atoms with van der Waals surface area (Å²) in [7, 11) is 1.51. The van der Waals surface area contributed by atoms with Gasteiger partial charge in [-0.25, -0.2) is 4.79 Å². The number of carboxylic acid groups (broad SMARTS) is 1. The molecule has 1 aromatic heterocycles. The van der Waals surface area contributed by atoms with Crippen LogP contribution in [0.2, 0.25) is 0 Å². The number of aromatic nitrogens is 1. The van der Waals surface area contributed by atoms with Crippen molar-refractivity contribution in [2.45, 2.75) is 26.5 Å². The Morgan fingerprint density at radius 2 is 2.33 bits per heavy atom. The van der Waals surface area contributed by atoms with Crippen molar-refractivity contribution in [3.8, 4) is 0 Å². The highest BCUT2D eigenvalue weighted by Crippen LogP contribution is 2.26. The number of aromatic carboxylic acids is 1. The van der Waals surface area contributed by atoms with E-state index in [0.29, 0.717) is 10.7 Å². The maximum absolute atomic E-state index is 11.0. The maximum atomic E-state index is 11.0. The Hall–Kier alpha value is -1.14. The molecular formula is C9H14N2O3S. The van der Waals surface area contributed by atoms with Crippen LogP contribution in [0.3, 0.4) is 0 Å². The Bertz CT molecular complexity index is 349. The fraction of sp³-hybridized carbons (Fsp3) is 0.556. The largest absolute Gasteiger partial charge is 0.478 e. The molecule has 0 bridgehead atoms. The second-order valence-corrected chi connectivity index (χ2v) is 4.14. The van der Waals surface area contributed by atoms with Crippen LogP contribution in [-0.4, -0.2) is 28.6 Å². The molecule has 0 aliphatic carbocycles. The van der Waals surface area contributed by atoms with Crippen LogP contribution in [0.5, 0.6) is 0 Å². The zero-order valence-electron chi connectivity index (χ0n) is 8.90. The highest BCUT2D eigenvalue weighted by Gasteiger charge is 2.20. The van der Waals surface area contributed by atoms with Gasteiger partial charge in [0.05, 0.1) is 12.3 Å². The lowest BCUT2D eigenvalue weighted by Crippen LogP contribution is -2.12. The highest BCUT2D eigenvalue weighted by molar-refractivity contribution is 7.10. The molecule has 0 aromatic carbocycles. The van der Waals surface area contributed by atoms with Gasteiger partial charge in [-0.1, -0.05) is 0 Å². The molecule has 0 radical (unpaired) electrons. The van der Waals surface area contributed by atoms with Crippen molar-refractivity contribution in [1.29, 1.82) is 0 Å². The molecule has 0 aliphatic rings. The molecule has 0 atom stereocenters. The number of anilines is 1. The lowest BCUT2D eigenvalue weighted by Gasteiger charge is -2.07. The first kappa shape index (κ1) is 11.9. The fourth-order valence-corrected chi connectivity index (χ4v) is 2.07. The standard InChI is InChI=1S/C9H14N2O3S/c1-5(2)10-8-7(9(12)13)6(4-14-3)11-15-8/h5,10H,4H2,1-3H3,(H,12,13). The summed E-state index contributed by atoms with van der Waals surface area (Å²) in [6.07, 6.45) is 0. The van der Waals surface area contributed by atoms with Gasteiger partial charge < -0.3 is 15.2 Å². The average Bonchev–Trinajstić information content (AvgIpc) is 2.47. The van der Waals surface area contributed by atoms with Gasteiger partial charge in [0.15, 0.2) is 0 Å². The van der Waals surface area contributed by atoms with E-state index in [4.69, 9.17) is 9.84 Å². The van der Waals surface area contributed by atoms with Crippen molar-refractivity contribution in [2.24, 2.45) is 0 Å². The number of ether oxygens (including phenoxy) is 1. The molecule has 6 heteroatoms. The van der Waals surface area contributed by atoms with E-state index in [2.05, 4.69) is 9.69 Å². The predicted molar refractivity (Wildman–Crippen MR) is 58.5 cm³/mol. The summed E-state index contributed by atoms with van der Waals surface area (Å²) in [5.41, 5.74) is 0.689. The number of hydrogen-bond acceptors (Lipinski definition) is 5. The number of carboxylic acids is 1. The monoisotopic (exact) mass is 230 g/mol. The second-order valence-electron chi connectivity index (χ2n) is 3.37. The molecule has 2 N–H and O–H groups in total. The predicted octanol–water partition coefficient (Wildman–Crippen LogP) is 1.81. The van der Waals surface area contributed by atoms with Crippen LogP contribution in [0.4, 0.5) is 5.00 Å². The van der Waals surface area contributed by atoms with Gasteiger partial charge in [0, 0.05) is 13.2 Å². The van der Waals surface area contributed by atoms with Crippen LogP contribution in [0.1, 0.15) is 29.9 Å². The van der Waals surface area contributed by atoms with E-state index < -0.39 is 5.97 Å². The van der Waals surface area contributed by atoms with Gasteiger partial charge in [0.2, 0.25) is 0 Å². The third-order valence-electron chi connectivity index (χ3n) is 1.68. The molecule has 0 unspecified atom stereocenters. The third-order valence-corrected chi connectivity index (χ3v) is 2.49. The number of methoxy groups -OCH3 is 1. The summed E-state index contributed by atoms with van der Waals surface area (Å²) in [6.45, 7) is 4.11. The Morgan fingerprint density at radius 3 is 2.80 bits per heavy atom. The number of hydrogen-bond donors (Lipinski definition) is 2. The van der Waals surface area contributed by atoms with Gasteiger partial charge in [-0.05, 0) is 25.4 Å². The minimum atomic E-state index is -0.973. The summed E-state index contributed by atoms with van der Waals surface area (Å²) in [6, 6.07) is 0.180. The number of rotatable bonds is 5. The van der Waals surface area contributed by atoms with Crippen molar-refractivity contribution in [3.05, 3.63) is 11.3 Å². The first-order valence-corrected chi connectivity index (χ1v) is 5.31. The maximum Gasteiger partial charge on any atom is 0.340 e. The summed E-state index contributed by atoms with van der Waals surface area (Å²) < 4.78 is 8.94. The molecule has 0 saturated heterocycles. The average molecular weight is 230 g/mol. The summed E-state index contributed by atoms with van der Waals surface area (Å²) >= 11 is 1.15. The molecule has 0 spiro atoms. The Labute approximate surface area is 92.2 Å². The lowest BCUT2D eigenvalue weighted by atomic mass is 10.2. The van der Waals surface area contributed by atoms with Crippen molar-refractivity contribution in [3.63, 3.8) is 0 Å². The minimum Gasteiger partial charge on any atom is -0.478 e. The molecule has 0 fully saturated rings. The molecular weight excluding hydrogens is 216 g/mol. The molecule has 0 aliphatic heterocycles. The van der Waals surface area contributed by atoms with Crippen LogP contribution < -0.4 is 5.32 Å². The molecule has 84 valence electrons. The number of nitrogens with one attached hydrogen (secondary N) is 1. The van der Waals surface area contributed by atoms with E-state index >= 15 is 0 Å². The fourth-order valence-electron chi connectivity index (χ4n) is 1.14. The molecule has 0 amide bonds. The van der Waals surface area contributed by atoms with Crippen LogP contribution in [0, 0.1) is 0 Å². The summed E-state index contributed by atoms with van der Waals surface area (Å²) in [5, 5.41) is 12.7. The van der Waals surface area contributed by atoms with Gasteiger partial charge in [-0.3, -0.25) is 0 Å². The Kier molecular flexibility index (Phi) is 4.05. The lowest BCUT2D eigenvalue weighted by molar-refractivity contribution is 0.0693. The van der Waals surface area contributed by atoms with Crippen LogP contribution >= 0.6 is 11.5 Å². The van der Waals surface area contributed by atoms with E-state index in [-0.39, 0.29) is 18.2 Å². The zero-order valence-corrected chi connectivity index (χ0v) is 9.72. The van der Waals surface area contributed by atoms with Crippen LogP contribution in [0.15, 0.2) is 0 Å². The van der Waals surface area contributed by atoms with E-state index in [1.807, 2.05) is 13.8 Å². The zero-order chi connectivity index (χ0) is 11.4. The van der Waals surface area contributed by atoms with E-state index in [1.165, 1.54) is 7.11 Å². The van der Waals surface area contributed by atoms with Gasteiger partial charge in [0.1, 0.15) is 10.6 Å². The van der Waals surface area contributed by atoms with Gasteiger partial charge in [-0.15, -0.1) is 0 Å². The SMILES string of the molecule is COCc1nsc(NC(C)C)c1C(=O)O. The molecule has 5 nitrogen and oxygen atoms in total. The van der Waals surface area contributed by atoms with Crippen molar-refractivity contribution >= 4 is 22.5 Å². The Balaban J connectivity index is 3.00. The quantitative estimate of drug-likeness (QED) is 0.807. The van der Waals surface area contributed by atoms with Crippen molar-refractivity contribution in [1.82, 2.24) is 4.37 Å². The minimum absolute atomic E-state index is 0.180. The number of nitrogens with zero attached hydrogens (tertiary/aromatic N) is 1. The third kappa shape index (κ3) is 2.90. The molecule has 1 rings (SSSR count). The van der Waals surface area contributed by atoms with E-state index in [0.717, 1.165) is 11.5 Å². The first-order valence-electron chi connectivity index (χ1n) is 4.53.